The SMILES string of the molecule is CC(=O)CCC(C(C)C)C(C=O)C(O)CCO. The molecule has 0 saturated heterocycles. The minimum absolute atomic E-state index is 0.0158. The highest BCUT2D eigenvalue weighted by Crippen LogP contribution is 2.28. The molecular weight excluding hydrogens is 220 g/mol. The Bertz CT molecular complexity index is 238. The monoisotopic (exact) mass is 244 g/mol. The first-order valence-corrected chi connectivity index (χ1v) is 6.17. The van der Waals surface area contributed by atoms with Crippen molar-refractivity contribution in [3.05, 3.63) is 0 Å². The Hall–Kier alpha value is -0.740. The number of Topliss-reactive ketones (excluding diaryl/α,β-unsaturated/α-hetero) is 1. The summed E-state index contributed by atoms with van der Waals surface area (Å²) in [5, 5.41) is 18.6. The van der Waals surface area contributed by atoms with Gasteiger partial charge in [-0.05, 0) is 31.6 Å². The highest BCUT2D eigenvalue weighted by atomic mass is 16.3. The van der Waals surface area contributed by atoms with E-state index in [0.29, 0.717) is 12.8 Å². The molecule has 0 aliphatic rings. The first-order valence-electron chi connectivity index (χ1n) is 6.17. The van der Waals surface area contributed by atoms with Crippen molar-refractivity contribution in [2.75, 3.05) is 6.61 Å². The van der Waals surface area contributed by atoms with Gasteiger partial charge in [0.25, 0.3) is 0 Å². The van der Waals surface area contributed by atoms with Gasteiger partial charge in [-0.1, -0.05) is 13.8 Å². The summed E-state index contributed by atoms with van der Waals surface area (Å²) in [6.07, 6.45) is 1.17. The Labute approximate surface area is 103 Å². The van der Waals surface area contributed by atoms with Gasteiger partial charge in [-0.15, -0.1) is 0 Å². The van der Waals surface area contributed by atoms with Crippen LogP contribution in [0.3, 0.4) is 0 Å². The lowest BCUT2D eigenvalue weighted by Crippen LogP contribution is -2.33. The number of aldehydes is 1. The summed E-state index contributed by atoms with van der Waals surface area (Å²) >= 11 is 0. The zero-order valence-electron chi connectivity index (χ0n) is 10.9. The number of hydrogen-bond acceptors (Lipinski definition) is 4. The Morgan fingerprint density at radius 1 is 1.29 bits per heavy atom. The van der Waals surface area contributed by atoms with E-state index in [4.69, 9.17) is 5.11 Å². The third kappa shape index (κ3) is 5.94. The summed E-state index contributed by atoms with van der Waals surface area (Å²) in [4.78, 5) is 22.1. The van der Waals surface area contributed by atoms with Crippen molar-refractivity contribution in [1.82, 2.24) is 0 Å². The van der Waals surface area contributed by atoms with E-state index in [1.165, 1.54) is 6.92 Å². The summed E-state index contributed by atoms with van der Waals surface area (Å²) in [6.45, 7) is 5.35. The van der Waals surface area contributed by atoms with Gasteiger partial charge in [-0.25, -0.2) is 0 Å². The Balaban J connectivity index is 4.61. The van der Waals surface area contributed by atoms with Crippen molar-refractivity contribution in [2.45, 2.75) is 46.1 Å². The fourth-order valence-corrected chi connectivity index (χ4v) is 2.14. The molecule has 0 heterocycles. The van der Waals surface area contributed by atoms with Crippen LogP contribution in [0.1, 0.15) is 40.0 Å². The molecule has 0 aliphatic heterocycles. The largest absolute Gasteiger partial charge is 0.396 e. The number of aliphatic hydroxyl groups excluding tert-OH is 2. The second kappa shape index (κ2) is 8.37. The van der Waals surface area contributed by atoms with Crippen molar-refractivity contribution in [3.63, 3.8) is 0 Å². The molecule has 100 valence electrons. The van der Waals surface area contributed by atoms with Gasteiger partial charge in [0.2, 0.25) is 0 Å². The molecule has 0 radical (unpaired) electrons. The van der Waals surface area contributed by atoms with Crippen LogP contribution >= 0.6 is 0 Å². The number of ketones is 1. The third-order valence-corrected chi connectivity index (χ3v) is 3.21. The van der Waals surface area contributed by atoms with Crippen LogP contribution in [0.5, 0.6) is 0 Å². The van der Waals surface area contributed by atoms with Crippen LogP contribution in [0.4, 0.5) is 0 Å². The first kappa shape index (κ1) is 16.3. The summed E-state index contributed by atoms with van der Waals surface area (Å²) in [6, 6.07) is 0. The van der Waals surface area contributed by atoms with Gasteiger partial charge in [-0.3, -0.25) is 0 Å². The van der Waals surface area contributed by atoms with Gasteiger partial charge >= 0.3 is 0 Å². The van der Waals surface area contributed by atoms with Gasteiger partial charge < -0.3 is 19.8 Å². The molecule has 0 amide bonds. The zero-order valence-corrected chi connectivity index (χ0v) is 10.9. The molecule has 0 aromatic rings. The quantitative estimate of drug-likeness (QED) is 0.597. The molecule has 0 bridgehead atoms. The number of hydrogen-bond donors (Lipinski definition) is 2. The van der Waals surface area contributed by atoms with Gasteiger partial charge in [0, 0.05) is 18.9 Å². The average molecular weight is 244 g/mol. The predicted molar refractivity (Wildman–Crippen MR) is 65.5 cm³/mol. The van der Waals surface area contributed by atoms with Gasteiger partial charge in [0.1, 0.15) is 12.1 Å². The average Bonchev–Trinajstić information content (AvgIpc) is 2.23. The maximum atomic E-state index is 11.1. The molecule has 4 heteroatoms. The zero-order chi connectivity index (χ0) is 13.4. The van der Waals surface area contributed by atoms with Crippen molar-refractivity contribution in [3.8, 4) is 0 Å². The second-order valence-corrected chi connectivity index (χ2v) is 4.94. The van der Waals surface area contributed by atoms with Crippen molar-refractivity contribution >= 4 is 12.1 Å². The molecule has 17 heavy (non-hydrogen) atoms. The molecule has 3 atom stereocenters. The van der Waals surface area contributed by atoms with E-state index in [2.05, 4.69) is 0 Å². The van der Waals surface area contributed by atoms with Crippen LogP contribution in [-0.4, -0.2) is 35.0 Å². The van der Waals surface area contributed by atoms with Crippen molar-refractivity contribution in [2.24, 2.45) is 17.8 Å². The molecule has 3 unspecified atom stereocenters. The molecule has 0 aliphatic carbocycles. The van der Waals surface area contributed by atoms with E-state index in [-0.39, 0.29) is 30.6 Å². The van der Waals surface area contributed by atoms with E-state index in [9.17, 15) is 14.7 Å². The van der Waals surface area contributed by atoms with Crippen LogP contribution in [0.25, 0.3) is 0 Å². The standard InChI is InChI=1S/C13H24O4/c1-9(2)11(5-4-10(3)16)12(8-15)13(17)6-7-14/h8-9,11-14,17H,4-7H2,1-3H3. The fourth-order valence-electron chi connectivity index (χ4n) is 2.14. The highest BCUT2D eigenvalue weighted by molar-refractivity contribution is 5.75. The van der Waals surface area contributed by atoms with Gasteiger partial charge in [0.05, 0.1) is 6.10 Å². The molecule has 2 N–H and O–H groups in total. The summed E-state index contributed by atoms with van der Waals surface area (Å²) in [7, 11) is 0. The third-order valence-electron chi connectivity index (χ3n) is 3.21. The smallest absolute Gasteiger partial charge is 0.129 e. The van der Waals surface area contributed by atoms with E-state index in [0.717, 1.165) is 6.29 Å². The molecule has 0 aromatic heterocycles. The van der Waals surface area contributed by atoms with Gasteiger partial charge in [-0.2, -0.15) is 0 Å². The lowest BCUT2D eigenvalue weighted by molar-refractivity contribution is -0.121. The maximum Gasteiger partial charge on any atom is 0.129 e. The lowest BCUT2D eigenvalue weighted by Gasteiger charge is -2.29. The van der Waals surface area contributed by atoms with Gasteiger partial charge in [0.15, 0.2) is 0 Å². The van der Waals surface area contributed by atoms with Crippen LogP contribution < -0.4 is 0 Å². The van der Waals surface area contributed by atoms with Crippen LogP contribution in [0.2, 0.25) is 0 Å². The van der Waals surface area contributed by atoms with E-state index in [1.54, 1.807) is 0 Å². The second-order valence-electron chi connectivity index (χ2n) is 4.94. The summed E-state index contributed by atoms with van der Waals surface area (Å²) in [5.74, 6) is -0.200. The fraction of sp³-hybridized carbons (Fsp3) is 0.846. The Morgan fingerprint density at radius 3 is 2.24 bits per heavy atom. The van der Waals surface area contributed by atoms with Crippen molar-refractivity contribution < 1.29 is 19.8 Å². The molecule has 4 nitrogen and oxygen atoms in total. The van der Waals surface area contributed by atoms with Crippen LogP contribution in [-0.2, 0) is 9.59 Å². The Kier molecular flexibility index (Phi) is 8.00. The minimum atomic E-state index is -0.822. The summed E-state index contributed by atoms with van der Waals surface area (Å²) < 4.78 is 0. The molecule has 0 rings (SSSR count). The van der Waals surface area contributed by atoms with Crippen molar-refractivity contribution in [1.29, 1.82) is 0 Å². The minimum Gasteiger partial charge on any atom is -0.396 e. The van der Waals surface area contributed by atoms with Crippen LogP contribution in [0.15, 0.2) is 0 Å². The number of aliphatic hydroxyl groups is 2. The van der Waals surface area contributed by atoms with Crippen LogP contribution in [0, 0.1) is 17.8 Å². The maximum absolute atomic E-state index is 11.1. The number of carbonyl (C=O) groups excluding carboxylic acids is 2. The number of rotatable bonds is 9. The normalized spacial score (nSPS) is 16.6. The topological polar surface area (TPSA) is 74.6 Å². The molecule has 0 saturated carbocycles. The lowest BCUT2D eigenvalue weighted by atomic mass is 9.77. The molecule has 0 spiro atoms. The van der Waals surface area contributed by atoms with E-state index >= 15 is 0 Å². The molecular formula is C13H24O4. The molecule has 0 fully saturated rings. The Morgan fingerprint density at radius 2 is 1.88 bits per heavy atom. The first-order chi connectivity index (χ1) is 7.93. The summed E-state index contributed by atoms with van der Waals surface area (Å²) in [5.41, 5.74) is 0. The van der Waals surface area contributed by atoms with E-state index < -0.39 is 12.0 Å². The molecule has 0 aromatic carbocycles. The predicted octanol–water partition coefficient (Wildman–Crippen LogP) is 1.19. The van der Waals surface area contributed by atoms with E-state index in [1.807, 2.05) is 13.8 Å². The number of carbonyl (C=O) groups is 2. The highest BCUT2D eigenvalue weighted by Gasteiger charge is 2.29.